The third-order valence-corrected chi connectivity index (χ3v) is 17.2. The van der Waals surface area contributed by atoms with Gasteiger partial charge < -0.3 is 65.4 Å². The molecule has 0 aliphatic carbocycles. The highest BCUT2D eigenvalue weighted by molar-refractivity contribution is 7.48. The molecule has 0 bridgehead atoms. The monoisotopic (exact) mass is 1280 g/mol. The van der Waals surface area contributed by atoms with Gasteiger partial charge in [-0.05, 0) is 19.9 Å². The van der Waals surface area contributed by atoms with Crippen molar-refractivity contribution in [3.63, 3.8) is 0 Å². The smallest absolute Gasteiger partial charge is 0.388 e. The van der Waals surface area contributed by atoms with E-state index in [4.69, 9.17) is 67.8 Å². The second-order valence-corrected chi connectivity index (χ2v) is 24.7. The Morgan fingerprint density at radius 3 is 1.82 bits per heavy atom. The Morgan fingerprint density at radius 1 is 0.694 bits per heavy atom. The molecule has 4 unspecified atom stereocenters. The van der Waals surface area contributed by atoms with E-state index in [-0.39, 0.29) is 53.0 Å². The van der Waals surface area contributed by atoms with Crippen LogP contribution in [0.25, 0.3) is 22.3 Å². The molecule has 15 atom stereocenters. The first-order valence-corrected chi connectivity index (χ1v) is 31.2. The number of H-pyrrole nitrogens is 2. The van der Waals surface area contributed by atoms with E-state index >= 15 is 0 Å². The van der Waals surface area contributed by atoms with Crippen LogP contribution in [0.5, 0.6) is 0 Å². The summed E-state index contributed by atoms with van der Waals surface area (Å²) in [5.74, 6) is -0.409. The van der Waals surface area contributed by atoms with Gasteiger partial charge in [0, 0.05) is 50.9 Å². The molecule has 85 heavy (non-hydrogen) atoms. The Morgan fingerprint density at radius 2 is 1.25 bits per heavy atom. The fourth-order valence-electron chi connectivity index (χ4n) is 9.16. The number of fused-ring (bicyclic) bond motifs is 2. The number of aromatic nitrogens is 12. The number of ether oxygens (including phenoxy) is 4. The summed E-state index contributed by atoms with van der Waals surface area (Å²) < 4.78 is 124. The van der Waals surface area contributed by atoms with Crippen LogP contribution in [0.15, 0.2) is 56.6 Å². The molecule has 6 aromatic heterocycles. The van der Waals surface area contributed by atoms with Crippen molar-refractivity contribution >= 4 is 71.2 Å². The summed E-state index contributed by atoms with van der Waals surface area (Å²) in [7, 11) is -19.9. The topological polar surface area (TPSA) is 555 Å². The van der Waals surface area contributed by atoms with Crippen LogP contribution in [0.1, 0.15) is 50.4 Å². The average Bonchev–Trinajstić information content (AvgIpc) is 2.71. The van der Waals surface area contributed by atoms with E-state index in [1.807, 2.05) is 0 Å². The molecule has 3 aliphatic heterocycles. The van der Waals surface area contributed by atoms with E-state index in [2.05, 4.69) is 44.4 Å². The first-order valence-electron chi connectivity index (χ1n) is 25.2. The lowest BCUT2D eigenvalue weighted by molar-refractivity contribution is -0.0673. The third-order valence-electron chi connectivity index (χ3n) is 13.2. The Kier molecular flexibility index (Phi) is 19.3. The molecule has 9 heterocycles. The maximum atomic E-state index is 14.0. The van der Waals surface area contributed by atoms with Crippen LogP contribution in [0.3, 0.4) is 0 Å². The number of aromatic amines is 2. The normalized spacial score (nSPS) is 26.3. The van der Waals surface area contributed by atoms with Crippen molar-refractivity contribution in [1.82, 2.24) is 58.1 Å². The van der Waals surface area contributed by atoms with E-state index in [1.54, 1.807) is 6.92 Å². The second kappa shape index (κ2) is 25.8. The van der Waals surface area contributed by atoms with Crippen LogP contribution >= 0.6 is 31.3 Å². The van der Waals surface area contributed by atoms with E-state index in [1.165, 1.54) is 41.0 Å². The molecule has 9 rings (SSSR count). The highest BCUT2D eigenvalue weighted by Gasteiger charge is 2.48. The number of hydrogen-bond acceptors (Lipinski definition) is 30. The van der Waals surface area contributed by atoms with E-state index < -0.39 is 167 Å². The number of hydrogen-bond donors (Lipinski definition) is 10. The molecule has 3 aliphatic rings. The van der Waals surface area contributed by atoms with Gasteiger partial charge in [-0.2, -0.15) is 9.97 Å². The summed E-state index contributed by atoms with van der Waals surface area (Å²) in [4.78, 5) is 122. The lowest BCUT2D eigenvalue weighted by Crippen LogP contribution is -2.36. The fraction of sp³-hybridized carbons (Fsp3) is 0.561. The van der Waals surface area contributed by atoms with Crippen molar-refractivity contribution < 1.29 is 98.1 Å². The number of anilines is 3. The minimum absolute atomic E-state index is 0.0705. The molecule has 3 fully saturated rings. The Balaban J connectivity index is 0.904. The first kappa shape index (κ1) is 63.6. The Bertz CT molecular complexity index is 3840. The number of phosphoric ester groups is 4. The van der Waals surface area contributed by atoms with E-state index in [0.29, 0.717) is 5.65 Å². The zero-order chi connectivity index (χ0) is 61.3. The number of imidazole rings is 2. The molecule has 0 aromatic carbocycles. The molecule has 3 saturated heterocycles. The van der Waals surface area contributed by atoms with Crippen molar-refractivity contribution in [1.29, 1.82) is 0 Å². The highest BCUT2D eigenvalue weighted by atomic mass is 31.2. The van der Waals surface area contributed by atoms with E-state index in [0.717, 1.165) is 28.8 Å². The molecule has 13 N–H and O–H groups in total. The van der Waals surface area contributed by atoms with Gasteiger partial charge in [0.15, 0.2) is 22.6 Å². The average molecular weight is 1280 g/mol. The van der Waals surface area contributed by atoms with Gasteiger partial charge in [0.2, 0.25) is 5.95 Å². The molecular formula is C41H57N15O25P4. The van der Waals surface area contributed by atoms with Gasteiger partial charge in [0.25, 0.3) is 11.1 Å². The van der Waals surface area contributed by atoms with Crippen LogP contribution in [0, 0.1) is 6.92 Å². The number of aryl methyl sites for hydroxylation is 1. The largest absolute Gasteiger partial charge is 0.472 e. The molecule has 466 valence electrons. The lowest BCUT2D eigenvalue weighted by Gasteiger charge is -2.26. The van der Waals surface area contributed by atoms with Gasteiger partial charge in [-0.1, -0.05) is 0 Å². The molecule has 0 saturated carbocycles. The minimum Gasteiger partial charge on any atom is -0.388 e. The summed E-state index contributed by atoms with van der Waals surface area (Å²) in [6, 6.07) is 1.22. The van der Waals surface area contributed by atoms with Crippen molar-refractivity contribution in [2.45, 2.75) is 107 Å². The van der Waals surface area contributed by atoms with Gasteiger partial charge in [-0.3, -0.25) is 69.4 Å². The van der Waals surface area contributed by atoms with Crippen LogP contribution in [-0.4, -0.2) is 172 Å². The lowest BCUT2D eigenvalue weighted by atomic mass is 10.2. The van der Waals surface area contributed by atoms with Gasteiger partial charge >= 0.3 is 42.7 Å². The Hall–Kier alpha value is -5.90. The molecule has 0 spiro atoms. The Labute approximate surface area is 475 Å². The van der Waals surface area contributed by atoms with Gasteiger partial charge in [0.05, 0.1) is 45.6 Å². The second-order valence-electron chi connectivity index (χ2n) is 19.0. The predicted molar refractivity (Wildman–Crippen MR) is 283 cm³/mol. The summed E-state index contributed by atoms with van der Waals surface area (Å²) >= 11 is 0. The van der Waals surface area contributed by atoms with Crippen molar-refractivity contribution in [3.8, 4) is 0 Å². The molecule has 44 heteroatoms. The van der Waals surface area contributed by atoms with Crippen molar-refractivity contribution in [3.05, 3.63) is 84.7 Å². The standard InChI is InChI=1S/C41H57N15O25P4/c1-4-71-24(11-53-17-47-32-34(43)45-16-46-35(32)53)20(57)12-72-83(64,65)79-23-9-31(56-18-48-33-36(56)50-39(44)51-38(33)59)78-27(23)15-75-84(66,67)80-21-7-29(54-6-5-28(42)49-40(54)60)76-26(21)14-74-85(68,69)81-22-8-30(55-10-19(2)37(58)52-41(55)61)77-25(22)13-73-82(62,63)70-3/h5-6,10,16-18,20-27,29-31,57H,4,7-9,11-15H2,1-3H3,(H,62,63)(H,64,65)(H,66,67)(H,68,69)(H2,42,49,60)(H2,43,45,46)(H,52,58,61)(H3,44,50,51,59)/t20-,21-,22-,23-,24-,25-,26-,27-,29-,30-,31-/m1/s1. The maximum Gasteiger partial charge on any atom is 0.472 e. The summed E-state index contributed by atoms with van der Waals surface area (Å²) in [6.45, 7) is -0.680. The molecule has 40 nitrogen and oxygen atoms in total. The molecular weight excluding hydrogens is 1230 g/mol. The predicted octanol–water partition coefficient (Wildman–Crippen LogP) is -1.28. The number of nitrogens with one attached hydrogen (secondary N) is 2. The number of aliphatic hydroxyl groups excluding tert-OH is 1. The van der Waals surface area contributed by atoms with Crippen molar-refractivity contribution in [2.75, 3.05) is 57.3 Å². The number of nitrogens with two attached hydrogens (primary N) is 3. The number of aliphatic hydroxyl groups is 1. The summed E-state index contributed by atoms with van der Waals surface area (Å²) in [5.41, 5.74) is 14.4. The highest BCUT2D eigenvalue weighted by Crippen LogP contribution is 2.54. The number of nitrogen functional groups attached to an aromatic ring is 3. The van der Waals surface area contributed by atoms with Crippen molar-refractivity contribution in [2.24, 2.45) is 0 Å². The van der Waals surface area contributed by atoms with Crippen LogP contribution < -0.4 is 39.7 Å². The molecule has 0 amide bonds. The number of phosphoric acid groups is 4. The van der Waals surface area contributed by atoms with Gasteiger partial charge in [-0.15, -0.1) is 0 Å². The van der Waals surface area contributed by atoms with Crippen LogP contribution in [0.4, 0.5) is 17.6 Å². The number of rotatable bonds is 27. The summed E-state index contributed by atoms with van der Waals surface area (Å²) in [5, 5.41) is 11.2. The number of nitrogens with zero attached hydrogens (tertiary/aromatic N) is 10. The zero-order valence-electron chi connectivity index (χ0n) is 44.6. The fourth-order valence-corrected chi connectivity index (χ4v) is 12.5. The van der Waals surface area contributed by atoms with Crippen LogP contribution in [-0.2, 0) is 79.9 Å². The van der Waals surface area contributed by atoms with E-state index in [9.17, 15) is 62.1 Å². The van der Waals surface area contributed by atoms with Gasteiger partial charge in [-0.25, -0.2) is 47.8 Å². The summed E-state index contributed by atoms with van der Waals surface area (Å²) in [6.07, 6.45) is -11.5. The zero-order valence-corrected chi connectivity index (χ0v) is 48.2. The third kappa shape index (κ3) is 15.3. The van der Waals surface area contributed by atoms with Crippen LogP contribution in [0.2, 0.25) is 0 Å². The SMILES string of the molecule is CCO[C@H](Cn1cnc2c(N)ncnc21)[C@H](O)COP(=O)(O)O[C@@H]1C[C@H](n2cnc3c(=O)[nH]c(N)nc32)O[C@@H]1COP(=O)(O)O[C@@H]1C[C@H](n2ccc(N)nc2=O)O[C@@H]1COP(=O)(O)O[C@@H]1C[C@H](n2cc(C)c(=O)[nH]c2=O)O[C@@H]1COP(=O)(O)OC. The van der Waals surface area contributed by atoms with Gasteiger partial charge in [0.1, 0.15) is 85.2 Å². The quantitative estimate of drug-likeness (QED) is 0.0269. The first-order chi connectivity index (χ1) is 40.1. The molecule has 6 aromatic rings. The maximum absolute atomic E-state index is 14.0. The molecule has 0 radical (unpaired) electrons. The minimum atomic E-state index is -5.45.